The van der Waals surface area contributed by atoms with E-state index in [9.17, 15) is 0 Å². The lowest BCUT2D eigenvalue weighted by atomic mass is 10.1. The molecule has 1 aromatic heterocycles. The normalized spacial score (nSPS) is 11.4. The van der Waals surface area contributed by atoms with Crippen LogP contribution >= 0.6 is 0 Å². The highest BCUT2D eigenvalue weighted by Crippen LogP contribution is 2.20. The van der Waals surface area contributed by atoms with Crippen LogP contribution in [0.5, 0.6) is 5.88 Å². The Kier molecular flexibility index (Phi) is 6.15. The fourth-order valence-corrected chi connectivity index (χ4v) is 2.57. The van der Waals surface area contributed by atoms with Crippen molar-refractivity contribution in [1.82, 2.24) is 9.97 Å². The van der Waals surface area contributed by atoms with Gasteiger partial charge in [-0.1, -0.05) is 48.1 Å². The van der Waals surface area contributed by atoms with Gasteiger partial charge in [-0.3, -0.25) is 0 Å². The van der Waals surface area contributed by atoms with Gasteiger partial charge < -0.3 is 9.57 Å². The van der Waals surface area contributed by atoms with Gasteiger partial charge in [0.2, 0.25) is 5.88 Å². The van der Waals surface area contributed by atoms with E-state index in [1.165, 1.54) is 11.9 Å². The SMILES string of the molecule is C=C(C)CO/N=C(\C)c1ccc(CCOc2ncnc3ccccc23)cc1. The van der Waals surface area contributed by atoms with Crippen LogP contribution in [0.4, 0.5) is 0 Å². The minimum Gasteiger partial charge on any atom is -0.477 e. The molecule has 0 fully saturated rings. The monoisotopic (exact) mass is 361 g/mol. The van der Waals surface area contributed by atoms with Crippen molar-refractivity contribution in [3.8, 4) is 5.88 Å². The predicted molar refractivity (Wildman–Crippen MR) is 108 cm³/mol. The van der Waals surface area contributed by atoms with Crippen molar-refractivity contribution in [3.63, 3.8) is 0 Å². The number of nitrogens with zero attached hydrogens (tertiary/aromatic N) is 3. The van der Waals surface area contributed by atoms with Gasteiger partial charge in [0, 0.05) is 6.42 Å². The van der Waals surface area contributed by atoms with Crippen LogP contribution in [-0.2, 0) is 11.3 Å². The zero-order valence-electron chi connectivity index (χ0n) is 15.7. The Morgan fingerprint density at radius 3 is 2.59 bits per heavy atom. The molecular weight excluding hydrogens is 338 g/mol. The summed E-state index contributed by atoms with van der Waals surface area (Å²) >= 11 is 0. The van der Waals surface area contributed by atoms with E-state index in [1.807, 2.05) is 50.2 Å². The minimum absolute atomic E-state index is 0.435. The first kappa shape index (κ1) is 18.6. The molecule has 0 N–H and O–H groups in total. The molecule has 0 aliphatic heterocycles. The van der Waals surface area contributed by atoms with Crippen molar-refractivity contribution in [1.29, 1.82) is 0 Å². The first-order chi connectivity index (χ1) is 13.1. The van der Waals surface area contributed by atoms with Gasteiger partial charge >= 0.3 is 0 Å². The number of ether oxygens (including phenoxy) is 1. The second kappa shape index (κ2) is 8.94. The molecule has 5 heteroatoms. The summed E-state index contributed by atoms with van der Waals surface area (Å²) in [5, 5.41) is 5.04. The topological polar surface area (TPSA) is 56.6 Å². The molecule has 0 bridgehead atoms. The molecule has 1 heterocycles. The van der Waals surface area contributed by atoms with Crippen LogP contribution in [0, 0.1) is 0 Å². The van der Waals surface area contributed by atoms with Gasteiger partial charge in [0.1, 0.15) is 12.9 Å². The second-order valence-corrected chi connectivity index (χ2v) is 6.40. The molecule has 0 saturated heterocycles. The molecule has 5 nitrogen and oxygen atoms in total. The van der Waals surface area contributed by atoms with Crippen LogP contribution in [0.3, 0.4) is 0 Å². The highest BCUT2D eigenvalue weighted by atomic mass is 16.6. The van der Waals surface area contributed by atoms with E-state index in [4.69, 9.17) is 9.57 Å². The Balaban J connectivity index is 1.56. The Morgan fingerprint density at radius 2 is 1.81 bits per heavy atom. The summed E-state index contributed by atoms with van der Waals surface area (Å²) in [7, 11) is 0. The Bertz CT molecular complexity index is 944. The van der Waals surface area contributed by atoms with Gasteiger partial charge in [-0.15, -0.1) is 0 Å². The van der Waals surface area contributed by atoms with Crippen molar-refractivity contribution < 1.29 is 9.57 Å². The summed E-state index contributed by atoms with van der Waals surface area (Å²) in [4.78, 5) is 13.7. The maximum Gasteiger partial charge on any atom is 0.224 e. The van der Waals surface area contributed by atoms with Crippen LogP contribution < -0.4 is 4.74 Å². The molecule has 0 atom stereocenters. The molecule has 0 aliphatic carbocycles. The number of fused-ring (bicyclic) bond motifs is 1. The smallest absolute Gasteiger partial charge is 0.224 e. The van der Waals surface area contributed by atoms with Gasteiger partial charge in [0.25, 0.3) is 0 Å². The fourth-order valence-electron chi connectivity index (χ4n) is 2.57. The van der Waals surface area contributed by atoms with Crippen molar-refractivity contribution in [2.24, 2.45) is 5.16 Å². The third kappa shape index (κ3) is 5.14. The number of oxime groups is 1. The summed E-state index contributed by atoms with van der Waals surface area (Å²) in [5.41, 5.74) is 4.89. The van der Waals surface area contributed by atoms with E-state index in [1.54, 1.807) is 0 Å². The van der Waals surface area contributed by atoms with E-state index in [-0.39, 0.29) is 0 Å². The number of para-hydroxylation sites is 1. The number of aromatic nitrogens is 2. The molecule has 3 rings (SSSR count). The van der Waals surface area contributed by atoms with Crippen LogP contribution in [0.2, 0.25) is 0 Å². The maximum atomic E-state index is 5.87. The van der Waals surface area contributed by atoms with E-state index in [2.05, 4.69) is 33.8 Å². The number of hydrogen-bond acceptors (Lipinski definition) is 5. The lowest BCUT2D eigenvalue weighted by Gasteiger charge is -2.08. The fraction of sp³-hybridized carbons (Fsp3) is 0.227. The third-order valence-corrected chi connectivity index (χ3v) is 4.02. The van der Waals surface area contributed by atoms with Gasteiger partial charge in [-0.25, -0.2) is 9.97 Å². The van der Waals surface area contributed by atoms with E-state index in [0.29, 0.717) is 19.1 Å². The molecule has 0 saturated carbocycles. The summed E-state index contributed by atoms with van der Waals surface area (Å²) in [6, 6.07) is 16.1. The molecule has 0 unspecified atom stereocenters. The van der Waals surface area contributed by atoms with Crippen LogP contribution in [0.25, 0.3) is 10.9 Å². The average molecular weight is 361 g/mol. The number of hydrogen-bond donors (Lipinski definition) is 0. The first-order valence-corrected chi connectivity index (χ1v) is 8.86. The van der Waals surface area contributed by atoms with Crippen molar-refractivity contribution in [2.45, 2.75) is 20.3 Å². The predicted octanol–water partition coefficient (Wildman–Crippen LogP) is 4.57. The first-order valence-electron chi connectivity index (χ1n) is 8.86. The van der Waals surface area contributed by atoms with E-state index < -0.39 is 0 Å². The summed E-state index contributed by atoms with van der Waals surface area (Å²) in [6.45, 7) is 8.61. The largest absolute Gasteiger partial charge is 0.477 e. The quantitative estimate of drug-likeness (QED) is 0.335. The van der Waals surface area contributed by atoms with E-state index >= 15 is 0 Å². The van der Waals surface area contributed by atoms with Crippen LogP contribution in [0.15, 0.2) is 72.2 Å². The Morgan fingerprint density at radius 1 is 1.04 bits per heavy atom. The second-order valence-electron chi connectivity index (χ2n) is 6.40. The minimum atomic E-state index is 0.435. The molecule has 138 valence electrons. The van der Waals surface area contributed by atoms with Crippen molar-refractivity contribution in [3.05, 3.63) is 78.1 Å². The summed E-state index contributed by atoms with van der Waals surface area (Å²) in [6.07, 6.45) is 2.32. The molecule has 0 spiro atoms. The number of rotatable bonds is 8. The van der Waals surface area contributed by atoms with Crippen LogP contribution in [0.1, 0.15) is 25.0 Å². The lowest BCUT2D eigenvalue weighted by Crippen LogP contribution is -2.04. The average Bonchev–Trinajstić information content (AvgIpc) is 2.68. The van der Waals surface area contributed by atoms with Gasteiger partial charge in [0.05, 0.1) is 23.2 Å². The highest BCUT2D eigenvalue weighted by molar-refractivity contribution is 5.98. The standard InChI is InChI=1S/C22H23N3O2/c1-16(2)14-27-25-17(3)19-10-8-18(9-11-19)12-13-26-22-20-6-4-5-7-21(20)23-15-24-22/h4-11,15H,1,12-14H2,2-3H3/b25-17+. The van der Waals surface area contributed by atoms with Gasteiger partial charge in [0.15, 0.2) is 0 Å². The zero-order valence-corrected chi connectivity index (χ0v) is 15.7. The lowest BCUT2D eigenvalue weighted by molar-refractivity contribution is 0.168. The Hall–Kier alpha value is -3.21. The number of benzene rings is 2. The van der Waals surface area contributed by atoms with Gasteiger partial charge in [-0.05, 0) is 42.7 Å². The van der Waals surface area contributed by atoms with E-state index in [0.717, 1.165) is 34.2 Å². The molecule has 0 amide bonds. The zero-order chi connectivity index (χ0) is 19.1. The molecule has 2 aromatic carbocycles. The van der Waals surface area contributed by atoms with Crippen LogP contribution in [-0.4, -0.2) is 28.9 Å². The maximum absolute atomic E-state index is 5.87. The molecule has 0 radical (unpaired) electrons. The highest BCUT2D eigenvalue weighted by Gasteiger charge is 2.04. The Labute approximate surface area is 159 Å². The molecule has 27 heavy (non-hydrogen) atoms. The molecular formula is C22H23N3O2. The molecule has 0 aliphatic rings. The summed E-state index contributed by atoms with van der Waals surface area (Å²) in [5.74, 6) is 0.620. The van der Waals surface area contributed by atoms with Crippen molar-refractivity contribution >= 4 is 16.6 Å². The van der Waals surface area contributed by atoms with Gasteiger partial charge in [-0.2, -0.15) is 0 Å². The van der Waals surface area contributed by atoms with Crippen molar-refractivity contribution in [2.75, 3.05) is 13.2 Å². The molecule has 3 aromatic rings. The third-order valence-electron chi connectivity index (χ3n) is 4.02. The summed E-state index contributed by atoms with van der Waals surface area (Å²) < 4.78 is 5.87.